The summed E-state index contributed by atoms with van der Waals surface area (Å²) in [7, 11) is 3.07. The van der Waals surface area contributed by atoms with Crippen LogP contribution in [0.1, 0.15) is 23.2 Å². The van der Waals surface area contributed by atoms with E-state index in [4.69, 9.17) is 0 Å². The van der Waals surface area contributed by atoms with Gasteiger partial charge in [-0.05, 0) is 36.8 Å². The summed E-state index contributed by atoms with van der Waals surface area (Å²) in [5, 5.41) is 2.49. The van der Waals surface area contributed by atoms with Crippen molar-refractivity contribution in [2.75, 3.05) is 35.8 Å². The van der Waals surface area contributed by atoms with Gasteiger partial charge in [-0.2, -0.15) is 0 Å². The van der Waals surface area contributed by atoms with Gasteiger partial charge in [-0.15, -0.1) is 0 Å². The molecule has 1 N–H and O–H groups in total. The van der Waals surface area contributed by atoms with Crippen molar-refractivity contribution in [1.82, 2.24) is 0 Å². The molecule has 5 nitrogen and oxygen atoms in total. The van der Waals surface area contributed by atoms with Crippen molar-refractivity contribution in [2.24, 2.45) is 0 Å². The Balaban J connectivity index is 1.81. The summed E-state index contributed by atoms with van der Waals surface area (Å²) in [4.78, 5) is 27.2. The number of amides is 2. The van der Waals surface area contributed by atoms with Crippen LogP contribution >= 0.6 is 0 Å². The summed E-state index contributed by atoms with van der Waals surface area (Å²) in [6, 6.07) is 8.76. The Morgan fingerprint density at radius 1 is 1.15 bits per heavy atom. The molecule has 0 aromatic heterocycles. The van der Waals surface area contributed by atoms with Crippen LogP contribution in [0.2, 0.25) is 0 Å². The second kappa shape index (κ2) is 7.11. The number of hydrogen-bond donors (Lipinski definition) is 1. The third kappa shape index (κ3) is 3.51. The van der Waals surface area contributed by atoms with E-state index in [9.17, 15) is 18.4 Å². The normalized spacial score (nSPS) is 13.8. The van der Waals surface area contributed by atoms with Crippen molar-refractivity contribution in [3.8, 4) is 0 Å². The van der Waals surface area contributed by atoms with E-state index >= 15 is 0 Å². The topological polar surface area (TPSA) is 52.7 Å². The Morgan fingerprint density at radius 3 is 2.42 bits per heavy atom. The largest absolute Gasteiger partial charge is 0.373 e. The predicted molar refractivity (Wildman–Crippen MR) is 96.7 cm³/mol. The summed E-state index contributed by atoms with van der Waals surface area (Å²) < 4.78 is 28.1. The molecular weight excluding hydrogens is 340 g/mol. The minimum atomic E-state index is -0.762. The minimum absolute atomic E-state index is 0.0194. The lowest BCUT2D eigenvalue weighted by atomic mass is 10.1. The molecule has 0 atom stereocenters. The van der Waals surface area contributed by atoms with Crippen molar-refractivity contribution < 1.29 is 18.4 Å². The van der Waals surface area contributed by atoms with Gasteiger partial charge in [0.25, 0.3) is 5.91 Å². The van der Waals surface area contributed by atoms with Crippen molar-refractivity contribution in [3.05, 3.63) is 53.6 Å². The van der Waals surface area contributed by atoms with Crippen LogP contribution in [-0.2, 0) is 4.79 Å². The molecule has 1 saturated heterocycles. The van der Waals surface area contributed by atoms with E-state index in [2.05, 4.69) is 5.32 Å². The van der Waals surface area contributed by atoms with Crippen LogP contribution in [0.5, 0.6) is 0 Å². The molecule has 7 heteroatoms. The van der Waals surface area contributed by atoms with Crippen LogP contribution in [0.15, 0.2) is 36.4 Å². The highest BCUT2D eigenvalue weighted by molar-refractivity contribution is 6.05. The molecule has 0 aliphatic carbocycles. The fraction of sp³-hybridized carbons (Fsp3) is 0.263. The lowest BCUT2D eigenvalue weighted by Crippen LogP contribution is -2.24. The van der Waals surface area contributed by atoms with Gasteiger partial charge in [-0.1, -0.05) is 6.07 Å². The molecule has 0 unspecified atom stereocenters. The molecule has 0 bridgehead atoms. The first-order valence-electron chi connectivity index (χ1n) is 8.25. The molecule has 1 aliphatic heterocycles. The number of nitrogens with zero attached hydrogens (tertiary/aromatic N) is 2. The van der Waals surface area contributed by atoms with Crippen LogP contribution in [-0.4, -0.2) is 32.5 Å². The molecule has 0 saturated carbocycles. The van der Waals surface area contributed by atoms with E-state index in [0.717, 1.165) is 18.6 Å². The molecule has 3 rings (SSSR count). The number of anilines is 3. The predicted octanol–water partition coefficient (Wildman–Crippen LogP) is 3.41. The van der Waals surface area contributed by atoms with Gasteiger partial charge in [0.1, 0.15) is 5.69 Å². The van der Waals surface area contributed by atoms with Crippen molar-refractivity contribution in [1.29, 1.82) is 0 Å². The lowest BCUT2D eigenvalue weighted by Gasteiger charge is -2.17. The maximum absolute atomic E-state index is 14.0. The third-order valence-corrected chi connectivity index (χ3v) is 4.22. The van der Waals surface area contributed by atoms with Gasteiger partial charge in [0.05, 0.1) is 0 Å². The number of hydrogen-bond acceptors (Lipinski definition) is 3. The van der Waals surface area contributed by atoms with Gasteiger partial charge >= 0.3 is 0 Å². The average molecular weight is 359 g/mol. The second-order valence-corrected chi connectivity index (χ2v) is 6.34. The molecule has 1 fully saturated rings. The molecule has 0 radical (unpaired) electrons. The van der Waals surface area contributed by atoms with E-state index in [1.165, 1.54) is 19.0 Å². The molecule has 26 heavy (non-hydrogen) atoms. The van der Waals surface area contributed by atoms with Crippen molar-refractivity contribution >= 4 is 28.9 Å². The molecule has 1 aliphatic rings. The first-order valence-corrected chi connectivity index (χ1v) is 8.25. The number of carbonyl (C=O) groups excluding carboxylic acids is 2. The number of carbonyl (C=O) groups is 2. The Morgan fingerprint density at radius 2 is 1.85 bits per heavy atom. The molecule has 1 heterocycles. The molecule has 2 aromatic rings. The van der Waals surface area contributed by atoms with E-state index in [1.807, 2.05) is 0 Å². The van der Waals surface area contributed by atoms with E-state index in [-0.39, 0.29) is 17.3 Å². The zero-order valence-electron chi connectivity index (χ0n) is 14.6. The Kier molecular flexibility index (Phi) is 4.88. The molecule has 136 valence electrons. The van der Waals surface area contributed by atoms with Crippen LogP contribution in [0, 0.1) is 11.6 Å². The molecule has 2 aromatic carbocycles. The quantitative estimate of drug-likeness (QED) is 0.910. The average Bonchev–Trinajstić information content (AvgIpc) is 3.00. The summed E-state index contributed by atoms with van der Waals surface area (Å²) >= 11 is 0. The number of halogens is 2. The lowest BCUT2D eigenvalue weighted by molar-refractivity contribution is -0.117. The molecule has 2 amide bonds. The zero-order valence-corrected chi connectivity index (χ0v) is 14.6. The Labute approximate surface area is 150 Å². The number of benzene rings is 2. The third-order valence-electron chi connectivity index (χ3n) is 4.22. The number of nitrogens with one attached hydrogen (secondary N) is 1. The van der Waals surface area contributed by atoms with Crippen molar-refractivity contribution in [2.45, 2.75) is 12.8 Å². The van der Waals surface area contributed by atoms with Crippen molar-refractivity contribution in [3.63, 3.8) is 0 Å². The Bertz CT molecular complexity index is 845. The zero-order chi connectivity index (χ0) is 18.8. The van der Waals surface area contributed by atoms with Crippen LogP contribution in [0.25, 0.3) is 0 Å². The van der Waals surface area contributed by atoms with Crippen LogP contribution in [0.4, 0.5) is 25.8 Å². The monoisotopic (exact) mass is 359 g/mol. The standard InChI is InChI=1S/C19H19F2N3O2/c1-23(2)18-15(20)10-13(11-16(18)21)22-19(26)12-5-3-6-14(9-12)24-8-4-7-17(24)25/h3,5-6,9-11H,4,7-8H2,1-2H3,(H,22,26). The second-order valence-electron chi connectivity index (χ2n) is 6.34. The van der Waals surface area contributed by atoms with Gasteiger partial charge < -0.3 is 15.1 Å². The highest BCUT2D eigenvalue weighted by Crippen LogP contribution is 2.26. The smallest absolute Gasteiger partial charge is 0.255 e. The molecular formula is C19H19F2N3O2. The highest BCUT2D eigenvalue weighted by Gasteiger charge is 2.22. The fourth-order valence-electron chi connectivity index (χ4n) is 3.00. The maximum Gasteiger partial charge on any atom is 0.255 e. The first-order chi connectivity index (χ1) is 12.4. The van der Waals surface area contributed by atoms with Gasteiger partial charge in [-0.3, -0.25) is 9.59 Å². The van der Waals surface area contributed by atoms with Gasteiger partial charge in [0, 0.05) is 44.0 Å². The fourth-order valence-corrected chi connectivity index (χ4v) is 3.00. The van der Waals surface area contributed by atoms with Gasteiger partial charge in [0.2, 0.25) is 5.91 Å². The summed E-state index contributed by atoms with van der Waals surface area (Å²) in [5.41, 5.74) is 0.802. The maximum atomic E-state index is 14.0. The summed E-state index contributed by atoms with van der Waals surface area (Å²) in [6.07, 6.45) is 1.28. The van der Waals surface area contributed by atoms with Crippen LogP contribution < -0.4 is 15.1 Å². The first kappa shape index (κ1) is 17.8. The Hall–Kier alpha value is -2.96. The van der Waals surface area contributed by atoms with Gasteiger partial charge in [-0.25, -0.2) is 8.78 Å². The summed E-state index contributed by atoms with van der Waals surface area (Å²) in [5.74, 6) is -2.01. The summed E-state index contributed by atoms with van der Waals surface area (Å²) in [6.45, 7) is 0.617. The van der Waals surface area contributed by atoms with Gasteiger partial charge in [0.15, 0.2) is 11.6 Å². The van der Waals surface area contributed by atoms with E-state index in [1.54, 1.807) is 29.2 Å². The highest BCUT2D eigenvalue weighted by atomic mass is 19.1. The van der Waals surface area contributed by atoms with Crippen LogP contribution in [0.3, 0.4) is 0 Å². The molecule has 0 spiro atoms. The van der Waals surface area contributed by atoms with E-state index < -0.39 is 17.5 Å². The number of rotatable bonds is 4. The SMILES string of the molecule is CN(C)c1c(F)cc(NC(=O)c2cccc(N3CCCC3=O)c2)cc1F. The minimum Gasteiger partial charge on any atom is -0.373 e. The van der Waals surface area contributed by atoms with E-state index in [0.29, 0.717) is 24.2 Å².